The number of benzene rings is 2. The number of para-hydroxylation sites is 2. The molecule has 1 aromatic heterocycles. The molecule has 0 bridgehead atoms. The van der Waals surface area contributed by atoms with Crippen LogP contribution in [0, 0.1) is 0 Å². The molecule has 1 aliphatic heterocycles. The standard InChI is InChI=1S/C21H16F3N3O/c22-21(23,24)16-6-2-3-7-17(16)26-20(28)18-10-9-15(13-25-18)27-12-11-14-5-1-4-8-19(14)27/h1-10,13H,11-12H2,(H,26,28). The summed E-state index contributed by atoms with van der Waals surface area (Å²) in [5.74, 6) is -0.690. The highest BCUT2D eigenvalue weighted by molar-refractivity contribution is 6.03. The summed E-state index contributed by atoms with van der Waals surface area (Å²) in [6, 6.07) is 16.2. The van der Waals surface area contributed by atoms with Gasteiger partial charge in [-0.1, -0.05) is 30.3 Å². The van der Waals surface area contributed by atoms with Gasteiger partial charge in [-0.15, -0.1) is 0 Å². The fourth-order valence-corrected chi connectivity index (χ4v) is 3.31. The van der Waals surface area contributed by atoms with Crippen molar-refractivity contribution in [2.75, 3.05) is 16.8 Å². The van der Waals surface area contributed by atoms with Crippen molar-refractivity contribution in [3.8, 4) is 0 Å². The van der Waals surface area contributed by atoms with E-state index in [-0.39, 0.29) is 11.4 Å². The van der Waals surface area contributed by atoms with E-state index in [9.17, 15) is 18.0 Å². The third-order valence-electron chi connectivity index (χ3n) is 4.66. The number of pyridine rings is 1. The van der Waals surface area contributed by atoms with Crippen molar-refractivity contribution in [1.82, 2.24) is 4.98 Å². The molecule has 2 heterocycles. The Kier molecular flexibility index (Phi) is 4.50. The van der Waals surface area contributed by atoms with E-state index in [1.807, 2.05) is 18.2 Å². The van der Waals surface area contributed by atoms with Crippen LogP contribution in [0.5, 0.6) is 0 Å². The summed E-state index contributed by atoms with van der Waals surface area (Å²) in [5.41, 5.74) is 2.03. The van der Waals surface area contributed by atoms with Crippen molar-refractivity contribution in [3.63, 3.8) is 0 Å². The van der Waals surface area contributed by atoms with Gasteiger partial charge in [0.2, 0.25) is 0 Å². The van der Waals surface area contributed by atoms with Crippen LogP contribution in [-0.4, -0.2) is 17.4 Å². The third-order valence-corrected chi connectivity index (χ3v) is 4.66. The number of rotatable bonds is 3. The number of hydrogen-bond acceptors (Lipinski definition) is 3. The summed E-state index contributed by atoms with van der Waals surface area (Å²) in [6.45, 7) is 0.811. The molecule has 0 atom stereocenters. The molecule has 1 aliphatic rings. The summed E-state index contributed by atoms with van der Waals surface area (Å²) in [4.78, 5) is 18.6. The molecule has 1 N–H and O–H groups in total. The summed E-state index contributed by atoms with van der Waals surface area (Å²) in [6.07, 6.45) is -2.07. The molecule has 1 amide bonds. The molecule has 0 spiro atoms. The van der Waals surface area contributed by atoms with Crippen LogP contribution in [0.15, 0.2) is 66.9 Å². The van der Waals surface area contributed by atoms with Gasteiger partial charge in [0.15, 0.2) is 0 Å². The summed E-state index contributed by atoms with van der Waals surface area (Å²) >= 11 is 0. The molecule has 0 saturated heterocycles. The Morgan fingerprint density at radius 3 is 2.50 bits per heavy atom. The smallest absolute Gasteiger partial charge is 0.340 e. The normalized spacial score (nSPS) is 13.3. The van der Waals surface area contributed by atoms with Gasteiger partial charge in [-0.25, -0.2) is 4.98 Å². The highest BCUT2D eigenvalue weighted by Crippen LogP contribution is 2.35. The molecule has 142 valence electrons. The highest BCUT2D eigenvalue weighted by Gasteiger charge is 2.33. The Balaban J connectivity index is 1.53. The molecule has 0 unspecified atom stereocenters. The van der Waals surface area contributed by atoms with Crippen molar-refractivity contribution in [1.29, 1.82) is 0 Å². The Morgan fingerprint density at radius 2 is 1.75 bits per heavy atom. The zero-order valence-corrected chi connectivity index (χ0v) is 14.7. The van der Waals surface area contributed by atoms with Gasteiger partial charge < -0.3 is 10.2 Å². The van der Waals surface area contributed by atoms with Gasteiger partial charge in [0, 0.05) is 12.2 Å². The first kappa shape index (κ1) is 18.0. The van der Waals surface area contributed by atoms with Gasteiger partial charge in [-0.2, -0.15) is 13.2 Å². The SMILES string of the molecule is O=C(Nc1ccccc1C(F)(F)F)c1ccc(N2CCc3ccccc32)cn1. The molecular weight excluding hydrogens is 367 g/mol. The number of fused-ring (bicyclic) bond motifs is 1. The Bertz CT molecular complexity index is 1020. The van der Waals surface area contributed by atoms with Crippen LogP contribution in [0.1, 0.15) is 21.6 Å². The van der Waals surface area contributed by atoms with Crippen LogP contribution < -0.4 is 10.2 Å². The van der Waals surface area contributed by atoms with E-state index in [0.717, 1.165) is 30.4 Å². The van der Waals surface area contributed by atoms with E-state index >= 15 is 0 Å². The second kappa shape index (κ2) is 6.99. The van der Waals surface area contributed by atoms with E-state index in [1.165, 1.54) is 29.8 Å². The molecule has 28 heavy (non-hydrogen) atoms. The first-order valence-corrected chi connectivity index (χ1v) is 8.72. The number of carbonyl (C=O) groups is 1. The minimum atomic E-state index is -4.55. The maximum atomic E-state index is 13.1. The number of aromatic nitrogens is 1. The predicted molar refractivity (Wildman–Crippen MR) is 101 cm³/mol. The van der Waals surface area contributed by atoms with E-state index in [4.69, 9.17) is 0 Å². The van der Waals surface area contributed by atoms with Crippen molar-refractivity contribution in [3.05, 3.63) is 83.7 Å². The van der Waals surface area contributed by atoms with Crippen LogP contribution >= 0.6 is 0 Å². The van der Waals surface area contributed by atoms with Crippen LogP contribution in [0.25, 0.3) is 0 Å². The fourth-order valence-electron chi connectivity index (χ4n) is 3.31. The van der Waals surface area contributed by atoms with Crippen LogP contribution in [0.3, 0.4) is 0 Å². The summed E-state index contributed by atoms with van der Waals surface area (Å²) in [7, 11) is 0. The minimum Gasteiger partial charge on any atom is -0.340 e. The molecule has 4 nitrogen and oxygen atoms in total. The molecule has 4 rings (SSSR count). The molecule has 3 aromatic rings. The average Bonchev–Trinajstić information content (AvgIpc) is 3.12. The number of nitrogens with one attached hydrogen (secondary N) is 1. The average molecular weight is 383 g/mol. The van der Waals surface area contributed by atoms with E-state index in [0.29, 0.717) is 0 Å². The maximum absolute atomic E-state index is 13.1. The van der Waals surface area contributed by atoms with Gasteiger partial charge >= 0.3 is 6.18 Å². The van der Waals surface area contributed by atoms with E-state index in [1.54, 1.807) is 12.3 Å². The van der Waals surface area contributed by atoms with Crippen molar-refractivity contribution < 1.29 is 18.0 Å². The lowest BCUT2D eigenvalue weighted by Crippen LogP contribution is -2.18. The number of alkyl halides is 3. The quantitative estimate of drug-likeness (QED) is 0.689. The number of anilines is 3. The minimum absolute atomic E-state index is 0.0493. The van der Waals surface area contributed by atoms with E-state index < -0.39 is 17.6 Å². The number of amides is 1. The number of hydrogen-bond donors (Lipinski definition) is 1. The first-order valence-electron chi connectivity index (χ1n) is 8.72. The monoisotopic (exact) mass is 383 g/mol. The Hall–Kier alpha value is -3.35. The lowest BCUT2D eigenvalue weighted by atomic mass is 10.1. The Labute approximate surface area is 159 Å². The predicted octanol–water partition coefficient (Wildman–Crippen LogP) is 5.05. The molecule has 0 saturated carbocycles. The van der Waals surface area contributed by atoms with Gasteiger partial charge in [-0.05, 0) is 42.3 Å². The zero-order chi connectivity index (χ0) is 19.7. The Morgan fingerprint density at radius 1 is 1.00 bits per heavy atom. The summed E-state index contributed by atoms with van der Waals surface area (Å²) < 4.78 is 39.2. The topological polar surface area (TPSA) is 45.2 Å². The number of halogens is 3. The highest BCUT2D eigenvalue weighted by atomic mass is 19.4. The van der Waals surface area contributed by atoms with Crippen LogP contribution in [-0.2, 0) is 12.6 Å². The molecule has 0 fully saturated rings. The second-order valence-corrected chi connectivity index (χ2v) is 6.43. The molecule has 2 aromatic carbocycles. The second-order valence-electron chi connectivity index (χ2n) is 6.43. The lowest BCUT2D eigenvalue weighted by Gasteiger charge is -2.19. The van der Waals surface area contributed by atoms with Crippen LogP contribution in [0.2, 0.25) is 0 Å². The van der Waals surface area contributed by atoms with E-state index in [2.05, 4.69) is 21.3 Å². The lowest BCUT2D eigenvalue weighted by molar-refractivity contribution is -0.136. The third kappa shape index (κ3) is 3.43. The maximum Gasteiger partial charge on any atom is 0.418 e. The van der Waals surface area contributed by atoms with Crippen molar-refractivity contribution in [2.24, 2.45) is 0 Å². The van der Waals surface area contributed by atoms with Crippen molar-refractivity contribution >= 4 is 23.0 Å². The van der Waals surface area contributed by atoms with Gasteiger partial charge in [0.1, 0.15) is 5.69 Å². The van der Waals surface area contributed by atoms with Gasteiger partial charge in [0.05, 0.1) is 23.1 Å². The number of carbonyl (C=O) groups excluding carboxylic acids is 1. The largest absolute Gasteiger partial charge is 0.418 e. The molecule has 0 aliphatic carbocycles. The van der Waals surface area contributed by atoms with Gasteiger partial charge in [-0.3, -0.25) is 4.79 Å². The van der Waals surface area contributed by atoms with Crippen molar-refractivity contribution in [2.45, 2.75) is 12.6 Å². The molecule has 7 heteroatoms. The summed E-state index contributed by atoms with van der Waals surface area (Å²) in [5, 5.41) is 2.30. The molecular formula is C21H16F3N3O. The molecule has 0 radical (unpaired) electrons. The fraction of sp³-hybridized carbons (Fsp3) is 0.143. The zero-order valence-electron chi connectivity index (χ0n) is 14.7. The number of nitrogens with zero attached hydrogens (tertiary/aromatic N) is 2. The van der Waals surface area contributed by atoms with Gasteiger partial charge in [0.25, 0.3) is 5.91 Å². The van der Waals surface area contributed by atoms with Crippen LogP contribution in [0.4, 0.5) is 30.2 Å². The first-order chi connectivity index (χ1) is 13.4.